The first-order valence-corrected chi connectivity index (χ1v) is 6.74. The Hall–Kier alpha value is -0.570. The average Bonchev–Trinajstić information content (AvgIpc) is 2.88. The van der Waals surface area contributed by atoms with Crippen molar-refractivity contribution >= 4 is 5.97 Å². The quantitative estimate of drug-likeness (QED) is 0.781. The first kappa shape index (κ1) is 11.9. The van der Waals surface area contributed by atoms with E-state index in [0.29, 0.717) is 0 Å². The Morgan fingerprint density at radius 1 is 1.19 bits per heavy atom. The number of carbonyl (C=O) groups is 1. The van der Waals surface area contributed by atoms with Gasteiger partial charge in [0.25, 0.3) is 0 Å². The van der Waals surface area contributed by atoms with Crippen LogP contribution >= 0.6 is 0 Å². The first-order chi connectivity index (χ1) is 7.77. The summed E-state index contributed by atoms with van der Waals surface area (Å²) in [6.07, 6.45) is 9.69. The fourth-order valence-electron chi connectivity index (χ4n) is 3.21. The lowest BCUT2D eigenvalue weighted by atomic mass is 9.98. The monoisotopic (exact) mass is 225 g/mol. The minimum Gasteiger partial charge on any atom is -0.480 e. The summed E-state index contributed by atoms with van der Waals surface area (Å²) in [5, 5.41) is 9.27. The highest BCUT2D eigenvalue weighted by Crippen LogP contribution is 2.30. The van der Waals surface area contributed by atoms with Gasteiger partial charge in [0.2, 0.25) is 0 Å². The average molecular weight is 225 g/mol. The largest absolute Gasteiger partial charge is 0.480 e. The molecule has 1 aliphatic heterocycles. The molecule has 1 saturated carbocycles. The molecule has 16 heavy (non-hydrogen) atoms. The number of aliphatic carboxylic acids is 1. The number of likely N-dealkylation sites (tertiary alicyclic amines) is 1. The molecule has 1 aliphatic carbocycles. The number of nitrogens with zero attached hydrogens (tertiary/aromatic N) is 1. The van der Waals surface area contributed by atoms with E-state index in [9.17, 15) is 9.90 Å². The van der Waals surface area contributed by atoms with Crippen molar-refractivity contribution in [3.05, 3.63) is 0 Å². The Morgan fingerprint density at radius 3 is 2.38 bits per heavy atom. The van der Waals surface area contributed by atoms with Gasteiger partial charge in [-0.15, -0.1) is 0 Å². The molecule has 0 radical (unpaired) electrons. The number of hydrogen-bond donors (Lipinski definition) is 1. The molecular weight excluding hydrogens is 202 g/mol. The molecule has 2 aliphatic rings. The van der Waals surface area contributed by atoms with Crippen LogP contribution in [-0.2, 0) is 4.79 Å². The van der Waals surface area contributed by atoms with Gasteiger partial charge in [-0.1, -0.05) is 25.7 Å². The summed E-state index contributed by atoms with van der Waals surface area (Å²) in [6, 6.07) is -0.205. The third-order valence-corrected chi connectivity index (χ3v) is 4.19. The maximum absolute atomic E-state index is 11.2. The Kier molecular flexibility index (Phi) is 4.22. The molecule has 0 aromatic rings. The Bertz CT molecular complexity index is 230. The lowest BCUT2D eigenvalue weighted by Gasteiger charge is -2.24. The molecule has 2 rings (SSSR count). The minimum absolute atomic E-state index is 0.205. The summed E-state index contributed by atoms with van der Waals surface area (Å²) in [4.78, 5) is 13.4. The topological polar surface area (TPSA) is 40.5 Å². The second kappa shape index (κ2) is 5.67. The van der Waals surface area contributed by atoms with E-state index in [2.05, 4.69) is 4.90 Å². The predicted molar refractivity (Wildman–Crippen MR) is 63.4 cm³/mol. The Labute approximate surface area is 97.8 Å². The van der Waals surface area contributed by atoms with Gasteiger partial charge >= 0.3 is 5.97 Å². The second-order valence-corrected chi connectivity index (χ2v) is 5.32. The molecule has 1 heterocycles. The van der Waals surface area contributed by atoms with Crippen molar-refractivity contribution in [3.8, 4) is 0 Å². The van der Waals surface area contributed by atoms with Gasteiger partial charge in [0.15, 0.2) is 0 Å². The van der Waals surface area contributed by atoms with Crippen LogP contribution in [0.5, 0.6) is 0 Å². The zero-order valence-corrected chi connectivity index (χ0v) is 10.0. The summed E-state index contributed by atoms with van der Waals surface area (Å²) in [6.45, 7) is 1.98. The number of hydrogen-bond acceptors (Lipinski definition) is 2. The highest BCUT2D eigenvalue weighted by molar-refractivity contribution is 5.73. The van der Waals surface area contributed by atoms with Crippen LogP contribution in [0.2, 0.25) is 0 Å². The fraction of sp³-hybridized carbons (Fsp3) is 0.923. The van der Waals surface area contributed by atoms with E-state index in [-0.39, 0.29) is 6.04 Å². The van der Waals surface area contributed by atoms with Crippen LogP contribution in [0.3, 0.4) is 0 Å². The predicted octanol–water partition coefficient (Wildman–Crippen LogP) is 2.51. The molecule has 1 N–H and O–H groups in total. The van der Waals surface area contributed by atoms with Crippen LogP contribution in [0, 0.1) is 5.92 Å². The molecule has 0 spiro atoms. The smallest absolute Gasteiger partial charge is 0.320 e. The molecule has 2 fully saturated rings. The number of rotatable bonds is 5. The van der Waals surface area contributed by atoms with Gasteiger partial charge in [0.05, 0.1) is 0 Å². The molecule has 92 valence electrons. The van der Waals surface area contributed by atoms with Crippen molar-refractivity contribution in [2.24, 2.45) is 5.92 Å². The summed E-state index contributed by atoms with van der Waals surface area (Å²) in [5.41, 5.74) is 0. The molecule has 1 atom stereocenters. The van der Waals surface area contributed by atoms with Crippen LogP contribution < -0.4 is 0 Å². The van der Waals surface area contributed by atoms with Crippen molar-refractivity contribution in [1.82, 2.24) is 4.90 Å². The molecule has 1 saturated heterocycles. The number of carboxylic acid groups (broad SMARTS) is 1. The Balaban J connectivity index is 1.79. The summed E-state index contributed by atoms with van der Waals surface area (Å²) in [7, 11) is 0. The van der Waals surface area contributed by atoms with E-state index in [1.54, 1.807) is 0 Å². The van der Waals surface area contributed by atoms with Gasteiger partial charge < -0.3 is 5.11 Å². The van der Waals surface area contributed by atoms with Crippen molar-refractivity contribution < 1.29 is 9.90 Å². The molecule has 1 unspecified atom stereocenters. The zero-order valence-electron chi connectivity index (χ0n) is 10.0. The van der Waals surface area contributed by atoms with Crippen molar-refractivity contribution in [2.75, 3.05) is 13.1 Å². The molecule has 0 aromatic heterocycles. The SMILES string of the molecule is O=C(O)C(CCC1CCCC1)N1CCCC1. The highest BCUT2D eigenvalue weighted by Gasteiger charge is 2.28. The van der Waals surface area contributed by atoms with Crippen LogP contribution in [0.25, 0.3) is 0 Å². The van der Waals surface area contributed by atoms with Crippen LogP contribution in [0.4, 0.5) is 0 Å². The van der Waals surface area contributed by atoms with Gasteiger partial charge in [-0.2, -0.15) is 0 Å². The molecular formula is C13H23NO2. The fourth-order valence-corrected chi connectivity index (χ4v) is 3.21. The van der Waals surface area contributed by atoms with Gasteiger partial charge in [-0.05, 0) is 44.7 Å². The third kappa shape index (κ3) is 2.97. The Morgan fingerprint density at radius 2 is 1.81 bits per heavy atom. The van der Waals surface area contributed by atoms with E-state index >= 15 is 0 Å². The molecule has 0 bridgehead atoms. The second-order valence-electron chi connectivity index (χ2n) is 5.32. The van der Waals surface area contributed by atoms with E-state index < -0.39 is 5.97 Å². The summed E-state index contributed by atoms with van der Waals surface area (Å²) < 4.78 is 0. The molecule has 0 amide bonds. The van der Waals surface area contributed by atoms with Crippen LogP contribution in [-0.4, -0.2) is 35.1 Å². The van der Waals surface area contributed by atoms with E-state index in [1.807, 2.05) is 0 Å². The van der Waals surface area contributed by atoms with Crippen LogP contribution in [0.1, 0.15) is 51.4 Å². The third-order valence-electron chi connectivity index (χ3n) is 4.19. The highest BCUT2D eigenvalue weighted by atomic mass is 16.4. The van der Waals surface area contributed by atoms with E-state index in [0.717, 1.165) is 31.8 Å². The van der Waals surface area contributed by atoms with Crippen molar-refractivity contribution in [2.45, 2.75) is 57.4 Å². The zero-order chi connectivity index (χ0) is 11.4. The minimum atomic E-state index is -0.611. The maximum atomic E-state index is 11.2. The van der Waals surface area contributed by atoms with E-state index in [4.69, 9.17) is 0 Å². The normalized spacial score (nSPS) is 25.0. The molecule has 3 heteroatoms. The van der Waals surface area contributed by atoms with Gasteiger partial charge in [-0.25, -0.2) is 0 Å². The van der Waals surface area contributed by atoms with Gasteiger partial charge in [0, 0.05) is 0 Å². The van der Waals surface area contributed by atoms with Crippen molar-refractivity contribution in [3.63, 3.8) is 0 Å². The van der Waals surface area contributed by atoms with Gasteiger partial charge in [0.1, 0.15) is 6.04 Å². The van der Waals surface area contributed by atoms with E-state index in [1.165, 1.54) is 38.5 Å². The lowest BCUT2D eigenvalue weighted by molar-refractivity contribution is -0.143. The maximum Gasteiger partial charge on any atom is 0.320 e. The first-order valence-electron chi connectivity index (χ1n) is 6.74. The van der Waals surface area contributed by atoms with Gasteiger partial charge in [-0.3, -0.25) is 9.69 Å². The lowest BCUT2D eigenvalue weighted by Crippen LogP contribution is -2.39. The standard InChI is InChI=1S/C13H23NO2/c15-13(16)12(14-9-3-4-10-14)8-7-11-5-1-2-6-11/h11-12H,1-10H2,(H,15,16). The molecule has 0 aromatic carbocycles. The summed E-state index contributed by atoms with van der Waals surface area (Å²) in [5.74, 6) is 0.198. The molecule has 3 nitrogen and oxygen atoms in total. The summed E-state index contributed by atoms with van der Waals surface area (Å²) >= 11 is 0. The van der Waals surface area contributed by atoms with Crippen LogP contribution in [0.15, 0.2) is 0 Å². The van der Waals surface area contributed by atoms with Crippen molar-refractivity contribution in [1.29, 1.82) is 0 Å². The number of carboxylic acids is 1.